The molecule has 1 amide bonds. The highest BCUT2D eigenvalue weighted by atomic mass is 16.5. The number of aromatic nitrogens is 2. The Balaban J connectivity index is 2.22. The van der Waals surface area contributed by atoms with Gasteiger partial charge in [-0.05, 0) is 12.5 Å². The number of hydrogen-bond donors (Lipinski definition) is 3. The van der Waals surface area contributed by atoms with Crippen molar-refractivity contribution in [1.82, 2.24) is 9.55 Å². The minimum atomic E-state index is -1.03. The van der Waals surface area contributed by atoms with E-state index < -0.39 is 42.6 Å². The molecular formula is C15H21N3O7. The standard InChI is InChI=1S/C15H21N3O7/c1-8(20)16-12-3-5-18(15(23)17-12)14-10(4-6-24-9(2)21)13(22)11(7-19)25-14/h3,5,10-11,13-14,19,22H,4,6-7H2,1-2H3,(H,16,17,20,23)/t10-,11-,13+,14-/m1/s1. The third-order valence-corrected chi connectivity index (χ3v) is 3.84. The third-order valence-electron chi connectivity index (χ3n) is 3.84. The summed E-state index contributed by atoms with van der Waals surface area (Å²) in [5.41, 5.74) is -0.681. The molecule has 0 radical (unpaired) electrons. The summed E-state index contributed by atoms with van der Waals surface area (Å²) in [7, 11) is 0. The molecule has 0 aliphatic carbocycles. The molecule has 4 atom stereocenters. The summed E-state index contributed by atoms with van der Waals surface area (Å²) in [6, 6.07) is 1.42. The van der Waals surface area contributed by atoms with Gasteiger partial charge in [0, 0.05) is 26.0 Å². The average molecular weight is 355 g/mol. The van der Waals surface area contributed by atoms with Crippen molar-refractivity contribution in [3.63, 3.8) is 0 Å². The van der Waals surface area contributed by atoms with E-state index in [0.717, 1.165) is 0 Å². The molecule has 0 unspecified atom stereocenters. The van der Waals surface area contributed by atoms with Crippen LogP contribution >= 0.6 is 0 Å². The molecule has 1 saturated heterocycles. The molecule has 1 fully saturated rings. The number of carbonyl (C=O) groups excluding carboxylic acids is 2. The number of nitrogens with one attached hydrogen (secondary N) is 1. The van der Waals surface area contributed by atoms with Crippen LogP contribution in [-0.2, 0) is 19.1 Å². The van der Waals surface area contributed by atoms with E-state index >= 15 is 0 Å². The zero-order valence-corrected chi connectivity index (χ0v) is 13.9. The van der Waals surface area contributed by atoms with Crippen LogP contribution in [-0.4, -0.2) is 57.1 Å². The van der Waals surface area contributed by atoms with Crippen LogP contribution < -0.4 is 11.0 Å². The van der Waals surface area contributed by atoms with Crippen LogP contribution in [0.15, 0.2) is 17.1 Å². The molecule has 2 rings (SSSR count). The van der Waals surface area contributed by atoms with E-state index in [9.17, 15) is 24.6 Å². The van der Waals surface area contributed by atoms with Crippen molar-refractivity contribution in [2.45, 2.75) is 38.7 Å². The molecule has 10 heteroatoms. The lowest BCUT2D eigenvalue weighted by Crippen LogP contribution is -2.33. The monoisotopic (exact) mass is 355 g/mol. The Morgan fingerprint density at radius 2 is 2.16 bits per heavy atom. The second-order valence-corrected chi connectivity index (χ2v) is 5.71. The first-order valence-corrected chi connectivity index (χ1v) is 7.78. The van der Waals surface area contributed by atoms with Gasteiger partial charge < -0.3 is 25.0 Å². The van der Waals surface area contributed by atoms with E-state index in [4.69, 9.17) is 9.47 Å². The molecule has 0 saturated carbocycles. The van der Waals surface area contributed by atoms with E-state index in [0.29, 0.717) is 0 Å². The number of amides is 1. The smallest absolute Gasteiger partial charge is 0.351 e. The molecular weight excluding hydrogens is 334 g/mol. The van der Waals surface area contributed by atoms with Gasteiger partial charge in [0.15, 0.2) is 0 Å². The number of carbonyl (C=O) groups is 2. The summed E-state index contributed by atoms with van der Waals surface area (Å²) < 4.78 is 11.6. The number of ether oxygens (including phenoxy) is 2. The molecule has 0 bridgehead atoms. The second-order valence-electron chi connectivity index (χ2n) is 5.71. The predicted octanol–water partition coefficient (Wildman–Crippen LogP) is -0.978. The molecule has 0 spiro atoms. The maximum absolute atomic E-state index is 12.2. The SMILES string of the molecule is CC(=O)Nc1ccn([C@@H]2O[C@H](CO)[C@@H](O)[C@H]2CCOC(C)=O)c(=O)n1. The van der Waals surface area contributed by atoms with E-state index in [-0.39, 0.29) is 24.8 Å². The van der Waals surface area contributed by atoms with Crippen molar-refractivity contribution in [3.8, 4) is 0 Å². The normalized spacial score (nSPS) is 25.6. The Morgan fingerprint density at radius 3 is 2.72 bits per heavy atom. The van der Waals surface area contributed by atoms with Crippen molar-refractivity contribution in [2.24, 2.45) is 5.92 Å². The van der Waals surface area contributed by atoms with Gasteiger partial charge in [-0.25, -0.2) is 4.79 Å². The Morgan fingerprint density at radius 1 is 1.44 bits per heavy atom. The Kier molecular flexibility index (Phi) is 6.23. The molecule has 1 aromatic rings. The highest BCUT2D eigenvalue weighted by Gasteiger charge is 2.44. The van der Waals surface area contributed by atoms with Crippen LogP contribution in [0.3, 0.4) is 0 Å². The Labute approximate surface area is 143 Å². The van der Waals surface area contributed by atoms with Crippen molar-refractivity contribution < 1.29 is 29.3 Å². The van der Waals surface area contributed by atoms with Crippen molar-refractivity contribution in [2.75, 3.05) is 18.5 Å². The lowest BCUT2D eigenvalue weighted by atomic mass is 9.96. The van der Waals surface area contributed by atoms with Gasteiger partial charge in [-0.3, -0.25) is 14.2 Å². The lowest BCUT2D eigenvalue weighted by Gasteiger charge is -2.21. The van der Waals surface area contributed by atoms with Crippen molar-refractivity contribution >= 4 is 17.7 Å². The first kappa shape index (κ1) is 19.0. The van der Waals surface area contributed by atoms with Gasteiger partial charge in [0.1, 0.15) is 18.1 Å². The zero-order valence-electron chi connectivity index (χ0n) is 13.9. The fourth-order valence-electron chi connectivity index (χ4n) is 2.74. The van der Waals surface area contributed by atoms with Crippen molar-refractivity contribution in [3.05, 3.63) is 22.7 Å². The van der Waals surface area contributed by atoms with Gasteiger partial charge in [0.2, 0.25) is 5.91 Å². The minimum Gasteiger partial charge on any atom is -0.466 e. The second kappa shape index (κ2) is 8.19. The summed E-state index contributed by atoms with van der Waals surface area (Å²) >= 11 is 0. The highest BCUT2D eigenvalue weighted by Crippen LogP contribution is 2.36. The molecule has 0 aromatic carbocycles. The summed E-state index contributed by atoms with van der Waals surface area (Å²) in [5, 5.41) is 22.0. The molecule has 1 aliphatic heterocycles. The Bertz CT molecular complexity index is 690. The fraction of sp³-hybridized carbons (Fsp3) is 0.600. The average Bonchev–Trinajstić information content (AvgIpc) is 2.83. The number of anilines is 1. The lowest BCUT2D eigenvalue weighted by molar-refractivity contribution is -0.141. The van der Waals surface area contributed by atoms with Gasteiger partial charge in [-0.15, -0.1) is 0 Å². The van der Waals surface area contributed by atoms with Gasteiger partial charge in [-0.1, -0.05) is 0 Å². The maximum Gasteiger partial charge on any atom is 0.351 e. The van der Waals surface area contributed by atoms with E-state index in [1.54, 1.807) is 0 Å². The summed E-state index contributed by atoms with van der Waals surface area (Å²) in [6.45, 7) is 2.18. The number of nitrogens with zero attached hydrogens (tertiary/aromatic N) is 2. The molecule has 1 aliphatic rings. The van der Waals surface area contributed by atoms with Crippen molar-refractivity contribution in [1.29, 1.82) is 0 Å². The third kappa shape index (κ3) is 4.62. The van der Waals surface area contributed by atoms with E-state index in [1.165, 1.54) is 30.7 Å². The summed E-state index contributed by atoms with van der Waals surface area (Å²) in [6.07, 6.45) is -1.16. The zero-order chi connectivity index (χ0) is 18.6. The van der Waals surface area contributed by atoms with Crippen LogP contribution in [0.25, 0.3) is 0 Å². The molecule has 10 nitrogen and oxygen atoms in total. The molecule has 2 heterocycles. The van der Waals surface area contributed by atoms with Gasteiger partial charge in [0.25, 0.3) is 0 Å². The maximum atomic E-state index is 12.2. The van der Waals surface area contributed by atoms with Crippen LogP contribution in [0, 0.1) is 5.92 Å². The van der Waals surface area contributed by atoms with E-state index in [2.05, 4.69) is 10.3 Å². The number of aliphatic hydroxyl groups is 2. The fourth-order valence-corrected chi connectivity index (χ4v) is 2.74. The predicted molar refractivity (Wildman–Crippen MR) is 84.5 cm³/mol. The number of rotatable bonds is 6. The minimum absolute atomic E-state index is 0.0429. The summed E-state index contributed by atoms with van der Waals surface area (Å²) in [4.78, 5) is 37.9. The molecule has 3 N–H and O–H groups in total. The first-order valence-electron chi connectivity index (χ1n) is 7.78. The molecule has 25 heavy (non-hydrogen) atoms. The largest absolute Gasteiger partial charge is 0.466 e. The first-order chi connectivity index (χ1) is 11.8. The van der Waals surface area contributed by atoms with Crippen LogP contribution in [0.1, 0.15) is 26.5 Å². The summed E-state index contributed by atoms with van der Waals surface area (Å²) in [5.74, 6) is -1.30. The van der Waals surface area contributed by atoms with E-state index in [1.807, 2.05) is 0 Å². The number of hydrogen-bond acceptors (Lipinski definition) is 8. The van der Waals surface area contributed by atoms with Crippen LogP contribution in [0.2, 0.25) is 0 Å². The van der Waals surface area contributed by atoms with Gasteiger partial charge in [-0.2, -0.15) is 4.98 Å². The van der Waals surface area contributed by atoms with Gasteiger partial charge >= 0.3 is 11.7 Å². The highest BCUT2D eigenvalue weighted by molar-refractivity contribution is 5.87. The number of esters is 1. The Hall–Kier alpha value is -2.30. The molecule has 138 valence electrons. The van der Waals surface area contributed by atoms with Gasteiger partial charge in [0.05, 0.1) is 19.3 Å². The quantitative estimate of drug-likeness (QED) is 0.553. The topological polar surface area (TPSA) is 140 Å². The number of aliphatic hydroxyl groups excluding tert-OH is 2. The molecule has 1 aromatic heterocycles. The van der Waals surface area contributed by atoms with Crippen LogP contribution in [0.4, 0.5) is 5.82 Å². The van der Waals surface area contributed by atoms with Crippen LogP contribution in [0.5, 0.6) is 0 Å².